The molecule has 0 saturated carbocycles. The van der Waals surface area contributed by atoms with Crippen LogP contribution in [0.4, 0.5) is 10.1 Å². The highest BCUT2D eigenvalue weighted by Crippen LogP contribution is 2.37. The van der Waals surface area contributed by atoms with Crippen molar-refractivity contribution in [2.45, 2.75) is 19.4 Å². The van der Waals surface area contributed by atoms with Gasteiger partial charge in [-0.3, -0.25) is 9.59 Å². The third kappa shape index (κ3) is 3.70. The van der Waals surface area contributed by atoms with E-state index in [2.05, 4.69) is 10.3 Å². The van der Waals surface area contributed by atoms with Crippen molar-refractivity contribution >= 4 is 45.6 Å². The molecule has 1 unspecified atom stereocenters. The lowest BCUT2D eigenvalue weighted by molar-refractivity contribution is -0.131. The number of nitrogens with one attached hydrogen (secondary N) is 2. The van der Waals surface area contributed by atoms with Gasteiger partial charge in [-0.25, -0.2) is 4.39 Å². The van der Waals surface area contributed by atoms with E-state index < -0.39 is 5.82 Å². The molecule has 0 fully saturated rings. The van der Waals surface area contributed by atoms with E-state index in [4.69, 9.17) is 23.2 Å². The third-order valence-corrected chi connectivity index (χ3v) is 5.83. The number of aromatic amines is 1. The van der Waals surface area contributed by atoms with Gasteiger partial charge in [0.1, 0.15) is 5.82 Å². The number of fused-ring (bicyclic) bond motifs is 2. The van der Waals surface area contributed by atoms with Crippen molar-refractivity contribution in [3.8, 4) is 0 Å². The zero-order valence-electron chi connectivity index (χ0n) is 15.6. The molecule has 1 atom stereocenters. The van der Waals surface area contributed by atoms with Gasteiger partial charge in [-0.2, -0.15) is 0 Å². The number of benzene rings is 2. The topological polar surface area (TPSA) is 65.2 Å². The quantitative estimate of drug-likeness (QED) is 0.637. The molecule has 1 amide bonds. The minimum atomic E-state index is -0.586. The van der Waals surface area contributed by atoms with E-state index in [-0.39, 0.29) is 35.1 Å². The van der Waals surface area contributed by atoms with Crippen molar-refractivity contribution in [2.24, 2.45) is 0 Å². The van der Waals surface area contributed by atoms with E-state index in [0.29, 0.717) is 28.4 Å². The lowest BCUT2D eigenvalue weighted by Crippen LogP contribution is -2.42. The van der Waals surface area contributed by atoms with Crippen LogP contribution in [-0.4, -0.2) is 28.9 Å². The first kappa shape index (κ1) is 19.7. The number of hydrogen-bond acceptors (Lipinski definition) is 3. The molecule has 29 heavy (non-hydrogen) atoms. The van der Waals surface area contributed by atoms with Gasteiger partial charge < -0.3 is 15.2 Å². The molecule has 1 aromatic heterocycles. The molecule has 1 aliphatic rings. The van der Waals surface area contributed by atoms with Crippen LogP contribution in [0.3, 0.4) is 0 Å². The molecule has 1 aliphatic heterocycles. The second-order valence-corrected chi connectivity index (χ2v) is 7.90. The summed E-state index contributed by atoms with van der Waals surface area (Å²) < 4.78 is 14.4. The maximum Gasteiger partial charge on any atom is 0.255 e. The van der Waals surface area contributed by atoms with Gasteiger partial charge in [0.2, 0.25) is 5.91 Å². The predicted molar refractivity (Wildman–Crippen MR) is 113 cm³/mol. The highest BCUT2D eigenvalue weighted by atomic mass is 35.5. The van der Waals surface area contributed by atoms with Crippen molar-refractivity contribution in [2.75, 3.05) is 18.4 Å². The summed E-state index contributed by atoms with van der Waals surface area (Å²) in [6.07, 6.45) is 2.15. The van der Waals surface area contributed by atoms with Crippen LogP contribution < -0.4 is 10.9 Å². The molecule has 0 bridgehead atoms. The van der Waals surface area contributed by atoms with Crippen LogP contribution in [-0.2, 0) is 11.2 Å². The summed E-state index contributed by atoms with van der Waals surface area (Å²) in [7, 11) is 0. The summed E-state index contributed by atoms with van der Waals surface area (Å²) in [5.41, 5.74) is 1.75. The van der Waals surface area contributed by atoms with Crippen LogP contribution in [0.2, 0.25) is 10.0 Å². The first-order chi connectivity index (χ1) is 13.8. The van der Waals surface area contributed by atoms with Crippen LogP contribution in [0.15, 0.2) is 41.3 Å². The number of amides is 1. The number of halogens is 3. The van der Waals surface area contributed by atoms with Gasteiger partial charge in [0, 0.05) is 22.8 Å². The predicted octanol–water partition coefficient (Wildman–Crippen LogP) is 4.53. The van der Waals surface area contributed by atoms with Crippen molar-refractivity contribution in [3.05, 3.63) is 73.9 Å². The van der Waals surface area contributed by atoms with Crippen LogP contribution in [0.25, 0.3) is 10.8 Å². The van der Waals surface area contributed by atoms with Gasteiger partial charge in [-0.05, 0) is 60.2 Å². The number of carbonyl (C=O) groups is 1. The average molecular weight is 434 g/mol. The number of rotatable bonds is 3. The first-order valence-electron chi connectivity index (χ1n) is 9.17. The monoisotopic (exact) mass is 433 g/mol. The van der Waals surface area contributed by atoms with Gasteiger partial charge >= 0.3 is 0 Å². The zero-order chi connectivity index (χ0) is 20.7. The van der Waals surface area contributed by atoms with Crippen molar-refractivity contribution in [1.82, 2.24) is 9.88 Å². The number of pyridine rings is 1. The third-order valence-electron chi connectivity index (χ3n) is 5.30. The Bertz CT molecular complexity index is 1180. The molecular formula is C21H18Cl2FN3O2. The number of carbonyl (C=O) groups excluding carboxylic acids is 1. The molecule has 5 nitrogen and oxygen atoms in total. The summed E-state index contributed by atoms with van der Waals surface area (Å²) in [6, 6.07) is 7.73. The SMILES string of the molecule is CC1c2c(Cl)cc(Cl)cc2CCN1C(=O)CNc1cc2cc[nH]c(=O)c2cc1F. The Morgan fingerprint density at radius 3 is 2.90 bits per heavy atom. The molecule has 0 spiro atoms. The Morgan fingerprint density at radius 2 is 2.10 bits per heavy atom. The van der Waals surface area contributed by atoms with Crippen molar-refractivity contribution < 1.29 is 9.18 Å². The van der Waals surface area contributed by atoms with Crippen LogP contribution in [0.5, 0.6) is 0 Å². The number of nitrogens with zero attached hydrogens (tertiary/aromatic N) is 1. The summed E-state index contributed by atoms with van der Waals surface area (Å²) >= 11 is 12.4. The van der Waals surface area contributed by atoms with E-state index in [1.807, 2.05) is 13.0 Å². The molecule has 150 valence electrons. The standard InChI is InChI=1S/C21H18Cl2FN3O2/c1-11-20-13(6-14(22)8-16(20)23)3-5-27(11)19(28)10-26-18-7-12-2-4-25-21(29)15(12)9-17(18)24/h2,4,6-9,11,26H,3,5,10H2,1H3,(H,25,29). The molecule has 4 rings (SSSR count). The molecular weight excluding hydrogens is 416 g/mol. The van der Waals surface area contributed by atoms with Gasteiger partial charge in [0.25, 0.3) is 5.56 Å². The van der Waals surface area contributed by atoms with E-state index >= 15 is 0 Å². The van der Waals surface area contributed by atoms with Gasteiger partial charge in [0.05, 0.1) is 23.7 Å². The van der Waals surface area contributed by atoms with E-state index in [0.717, 1.165) is 11.1 Å². The molecule has 0 saturated heterocycles. The van der Waals surface area contributed by atoms with E-state index in [1.54, 1.807) is 17.0 Å². The minimum Gasteiger partial charge on any atom is -0.374 e. The summed E-state index contributed by atoms with van der Waals surface area (Å²) in [5.74, 6) is -0.753. The fourth-order valence-corrected chi connectivity index (χ4v) is 4.55. The van der Waals surface area contributed by atoms with Gasteiger partial charge in [0.15, 0.2) is 0 Å². The van der Waals surface area contributed by atoms with E-state index in [1.165, 1.54) is 18.3 Å². The molecule has 8 heteroatoms. The summed E-state index contributed by atoms with van der Waals surface area (Å²) in [5, 5.41) is 4.82. The molecule has 0 radical (unpaired) electrons. The second-order valence-electron chi connectivity index (χ2n) is 7.05. The fourth-order valence-electron chi connectivity index (χ4n) is 3.86. The second kappa shape index (κ2) is 7.69. The van der Waals surface area contributed by atoms with Crippen LogP contribution in [0, 0.1) is 5.82 Å². The number of anilines is 1. The van der Waals surface area contributed by atoms with Crippen molar-refractivity contribution in [1.29, 1.82) is 0 Å². The molecule has 3 aromatic rings. The lowest BCUT2D eigenvalue weighted by Gasteiger charge is -2.36. The smallest absolute Gasteiger partial charge is 0.255 e. The van der Waals surface area contributed by atoms with Gasteiger partial charge in [-0.1, -0.05) is 23.2 Å². The highest BCUT2D eigenvalue weighted by molar-refractivity contribution is 6.35. The number of hydrogen-bond donors (Lipinski definition) is 2. The molecule has 2 N–H and O–H groups in total. The summed E-state index contributed by atoms with van der Waals surface area (Å²) in [4.78, 5) is 28.8. The zero-order valence-corrected chi connectivity index (χ0v) is 17.1. The van der Waals surface area contributed by atoms with Crippen LogP contribution >= 0.6 is 23.2 Å². The Kier molecular flexibility index (Phi) is 5.23. The Labute approximate surface area is 176 Å². The molecule has 2 aromatic carbocycles. The maximum absolute atomic E-state index is 14.4. The minimum absolute atomic E-state index is 0.0729. The molecule has 0 aliphatic carbocycles. The average Bonchev–Trinajstić information content (AvgIpc) is 2.66. The highest BCUT2D eigenvalue weighted by Gasteiger charge is 2.29. The van der Waals surface area contributed by atoms with E-state index in [9.17, 15) is 14.0 Å². The summed E-state index contributed by atoms with van der Waals surface area (Å²) in [6.45, 7) is 2.37. The normalized spacial score (nSPS) is 16.0. The Balaban J connectivity index is 1.52. The number of H-pyrrole nitrogens is 1. The van der Waals surface area contributed by atoms with Gasteiger partial charge in [-0.15, -0.1) is 0 Å². The largest absolute Gasteiger partial charge is 0.374 e. The molecule has 2 heterocycles. The maximum atomic E-state index is 14.4. The van der Waals surface area contributed by atoms with Crippen molar-refractivity contribution in [3.63, 3.8) is 0 Å². The lowest BCUT2D eigenvalue weighted by atomic mass is 9.93. The Morgan fingerprint density at radius 1 is 1.31 bits per heavy atom. The Hall–Kier alpha value is -2.57. The van der Waals surface area contributed by atoms with Crippen LogP contribution in [0.1, 0.15) is 24.1 Å². The number of aromatic nitrogens is 1. The first-order valence-corrected chi connectivity index (χ1v) is 9.93. The fraction of sp³-hybridized carbons (Fsp3) is 0.238.